The van der Waals surface area contributed by atoms with E-state index < -0.39 is 9.84 Å². The third-order valence-corrected chi connectivity index (χ3v) is 6.89. The van der Waals surface area contributed by atoms with E-state index in [1.807, 2.05) is 0 Å². The first-order valence-electron chi connectivity index (χ1n) is 10.3. The summed E-state index contributed by atoms with van der Waals surface area (Å²) in [5.74, 6) is -0.125. The van der Waals surface area contributed by atoms with E-state index in [1.54, 1.807) is 36.4 Å². The van der Waals surface area contributed by atoms with Crippen LogP contribution < -0.4 is 5.32 Å². The number of hydrogen-bond donors (Lipinski definition) is 1. The summed E-state index contributed by atoms with van der Waals surface area (Å²) >= 11 is 0. The Hall–Kier alpha value is -2.16. The third kappa shape index (κ3) is 5.93. The zero-order valence-corrected chi connectivity index (χ0v) is 18.4. The number of morpholine rings is 1. The SMILES string of the molecule is CC(C)CC(CNC(=O)c1occc1CS(=O)(=O)c1ccccc1)N1CCOCC1. The summed E-state index contributed by atoms with van der Waals surface area (Å²) in [6.07, 6.45) is 2.31. The van der Waals surface area contributed by atoms with Gasteiger partial charge in [-0.3, -0.25) is 9.69 Å². The van der Waals surface area contributed by atoms with E-state index in [2.05, 4.69) is 24.1 Å². The fourth-order valence-electron chi connectivity index (χ4n) is 3.70. The van der Waals surface area contributed by atoms with Crippen molar-refractivity contribution in [1.82, 2.24) is 10.2 Å². The molecule has 8 heteroatoms. The quantitative estimate of drug-likeness (QED) is 0.653. The lowest BCUT2D eigenvalue weighted by Crippen LogP contribution is -2.49. The molecule has 2 heterocycles. The molecule has 0 spiro atoms. The fraction of sp³-hybridized carbons (Fsp3) is 0.500. The predicted octanol–water partition coefficient (Wildman–Crippen LogP) is 2.73. The largest absolute Gasteiger partial charge is 0.459 e. The van der Waals surface area contributed by atoms with Crippen LogP contribution >= 0.6 is 0 Å². The first-order chi connectivity index (χ1) is 14.4. The van der Waals surface area contributed by atoms with Crippen LogP contribution in [0.2, 0.25) is 0 Å². The van der Waals surface area contributed by atoms with E-state index in [0.29, 0.717) is 31.2 Å². The molecular formula is C22H30N2O5S. The molecule has 1 unspecified atom stereocenters. The molecule has 164 valence electrons. The van der Waals surface area contributed by atoms with E-state index in [1.165, 1.54) is 6.26 Å². The van der Waals surface area contributed by atoms with E-state index in [0.717, 1.165) is 19.5 Å². The van der Waals surface area contributed by atoms with Gasteiger partial charge < -0.3 is 14.5 Å². The van der Waals surface area contributed by atoms with Crippen LogP contribution in [0.1, 0.15) is 36.4 Å². The maximum absolute atomic E-state index is 12.8. The highest BCUT2D eigenvalue weighted by Gasteiger charge is 2.25. The first-order valence-corrected chi connectivity index (χ1v) is 12.0. The van der Waals surface area contributed by atoms with Crippen LogP contribution in [0.3, 0.4) is 0 Å². The Morgan fingerprint density at radius 2 is 1.83 bits per heavy atom. The van der Waals surface area contributed by atoms with Gasteiger partial charge in [-0.05, 0) is 30.5 Å². The van der Waals surface area contributed by atoms with Crippen molar-refractivity contribution in [2.45, 2.75) is 37.0 Å². The average molecular weight is 435 g/mol. The van der Waals surface area contributed by atoms with Crippen molar-refractivity contribution in [2.75, 3.05) is 32.8 Å². The molecule has 1 aromatic heterocycles. The predicted molar refractivity (Wildman–Crippen MR) is 114 cm³/mol. The van der Waals surface area contributed by atoms with E-state index >= 15 is 0 Å². The topological polar surface area (TPSA) is 88.8 Å². The maximum Gasteiger partial charge on any atom is 0.287 e. The van der Waals surface area contributed by atoms with Crippen LogP contribution in [0, 0.1) is 5.92 Å². The van der Waals surface area contributed by atoms with Gasteiger partial charge in [-0.15, -0.1) is 0 Å². The number of rotatable bonds is 9. The summed E-state index contributed by atoms with van der Waals surface area (Å²) in [5.41, 5.74) is 0.364. The van der Waals surface area contributed by atoms with Gasteiger partial charge in [0.1, 0.15) is 0 Å². The van der Waals surface area contributed by atoms with Gasteiger partial charge in [0.2, 0.25) is 0 Å². The summed E-state index contributed by atoms with van der Waals surface area (Å²) in [5, 5.41) is 2.94. The number of amides is 1. The average Bonchev–Trinajstić information content (AvgIpc) is 3.19. The lowest BCUT2D eigenvalue weighted by Gasteiger charge is -2.35. The van der Waals surface area contributed by atoms with Gasteiger partial charge >= 0.3 is 0 Å². The van der Waals surface area contributed by atoms with Crippen molar-refractivity contribution in [3.8, 4) is 0 Å². The molecule has 1 atom stereocenters. The molecule has 0 bridgehead atoms. The molecule has 0 saturated carbocycles. The van der Waals surface area contributed by atoms with Crippen LogP contribution in [-0.4, -0.2) is 58.1 Å². The molecule has 0 radical (unpaired) electrons. The van der Waals surface area contributed by atoms with E-state index in [-0.39, 0.29) is 28.4 Å². The monoisotopic (exact) mass is 434 g/mol. The molecule has 1 fully saturated rings. The highest BCUT2D eigenvalue weighted by Crippen LogP contribution is 2.20. The Morgan fingerprint density at radius 1 is 1.13 bits per heavy atom. The molecule has 1 amide bonds. The van der Waals surface area contributed by atoms with Gasteiger partial charge in [-0.1, -0.05) is 32.0 Å². The maximum atomic E-state index is 12.8. The smallest absolute Gasteiger partial charge is 0.287 e. The molecule has 2 aromatic rings. The highest BCUT2D eigenvalue weighted by atomic mass is 32.2. The van der Waals surface area contributed by atoms with Gasteiger partial charge in [0.05, 0.1) is 30.1 Å². The number of nitrogens with zero attached hydrogens (tertiary/aromatic N) is 1. The molecule has 30 heavy (non-hydrogen) atoms. The summed E-state index contributed by atoms with van der Waals surface area (Å²) in [4.78, 5) is 15.3. The van der Waals surface area contributed by atoms with Crippen LogP contribution in [0.5, 0.6) is 0 Å². The van der Waals surface area contributed by atoms with Crippen molar-refractivity contribution in [3.63, 3.8) is 0 Å². The van der Waals surface area contributed by atoms with Crippen molar-refractivity contribution in [1.29, 1.82) is 0 Å². The molecule has 3 rings (SSSR count). The minimum absolute atomic E-state index is 0.0554. The van der Waals surface area contributed by atoms with Crippen molar-refractivity contribution in [2.24, 2.45) is 5.92 Å². The van der Waals surface area contributed by atoms with E-state index in [4.69, 9.17) is 9.15 Å². The molecule has 1 aromatic carbocycles. The van der Waals surface area contributed by atoms with Gasteiger partial charge in [0.25, 0.3) is 5.91 Å². The van der Waals surface area contributed by atoms with Crippen molar-refractivity contribution >= 4 is 15.7 Å². The van der Waals surface area contributed by atoms with Crippen LogP contribution in [-0.2, 0) is 20.3 Å². The number of ether oxygens (including phenoxy) is 1. The second-order valence-corrected chi connectivity index (χ2v) is 9.98. The molecule has 1 aliphatic heterocycles. The van der Waals surface area contributed by atoms with Crippen LogP contribution in [0.15, 0.2) is 52.0 Å². The Bertz CT molecular complexity index is 918. The third-order valence-electron chi connectivity index (χ3n) is 5.20. The normalized spacial score (nSPS) is 16.5. The second-order valence-electron chi connectivity index (χ2n) is 7.99. The van der Waals surface area contributed by atoms with Crippen molar-refractivity contribution < 1.29 is 22.4 Å². The summed E-state index contributed by atoms with van der Waals surface area (Å²) in [6.45, 7) is 7.87. The summed E-state index contributed by atoms with van der Waals surface area (Å²) in [6, 6.07) is 9.96. The van der Waals surface area contributed by atoms with Crippen LogP contribution in [0.4, 0.5) is 0 Å². The standard InChI is InChI=1S/C22H30N2O5S/c1-17(2)14-19(24-9-12-28-13-10-24)15-23-22(25)21-18(8-11-29-21)16-30(26,27)20-6-4-3-5-7-20/h3-8,11,17,19H,9-10,12-16H2,1-2H3,(H,23,25). The fourth-order valence-corrected chi connectivity index (χ4v) is 5.08. The second kappa shape index (κ2) is 10.2. The summed E-state index contributed by atoms with van der Waals surface area (Å²) in [7, 11) is -3.57. The number of benzene rings is 1. The molecule has 1 saturated heterocycles. The summed E-state index contributed by atoms with van der Waals surface area (Å²) < 4.78 is 36.1. The first kappa shape index (κ1) is 22.5. The Labute approximate surface area is 178 Å². The molecule has 0 aliphatic carbocycles. The van der Waals surface area contributed by atoms with Crippen molar-refractivity contribution in [3.05, 3.63) is 54.0 Å². The molecule has 1 aliphatic rings. The zero-order valence-electron chi connectivity index (χ0n) is 17.5. The number of furan rings is 1. The Kier molecular flexibility index (Phi) is 7.69. The Balaban J connectivity index is 1.66. The molecule has 7 nitrogen and oxygen atoms in total. The Morgan fingerprint density at radius 3 is 2.50 bits per heavy atom. The minimum atomic E-state index is -3.57. The number of sulfone groups is 1. The zero-order chi connectivity index (χ0) is 21.6. The number of hydrogen-bond acceptors (Lipinski definition) is 6. The molecular weight excluding hydrogens is 404 g/mol. The van der Waals surface area contributed by atoms with Gasteiger partial charge in [0.15, 0.2) is 15.6 Å². The highest BCUT2D eigenvalue weighted by molar-refractivity contribution is 7.90. The lowest BCUT2D eigenvalue weighted by atomic mass is 10.0. The number of carbonyl (C=O) groups is 1. The van der Waals surface area contributed by atoms with Gasteiger partial charge in [-0.2, -0.15) is 0 Å². The van der Waals surface area contributed by atoms with Crippen LogP contribution in [0.25, 0.3) is 0 Å². The van der Waals surface area contributed by atoms with E-state index in [9.17, 15) is 13.2 Å². The lowest BCUT2D eigenvalue weighted by molar-refractivity contribution is 0.0124. The number of carbonyl (C=O) groups excluding carboxylic acids is 1. The minimum Gasteiger partial charge on any atom is -0.459 e. The molecule has 1 N–H and O–H groups in total. The van der Waals surface area contributed by atoms with Gasteiger partial charge in [-0.25, -0.2) is 8.42 Å². The number of nitrogens with one attached hydrogen (secondary N) is 1. The van der Waals surface area contributed by atoms with Gasteiger partial charge in [0, 0.05) is 31.2 Å².